The molecule has 1 unspecified atom stereocenters. The predicted octanol–water partition coefficient (Wildman–Crippen LogP) is 2.31. The fraction of sp³-hybridized carbons (Fsp3) is 0.467. The lowest BCUT2D eigenvalue weighted by molar-refractivity contribution is -0.261. The van der Waals surface area contributed by atoms with Crippen molar-refractivity contribution in [3.05, 3.63) is 29.5 Å². The molecular formula is C15H16O5. The molecule has 2 fully saturated rings. The van der Waals surface area contributed by atoms with E-state index in [2.05, 4.69) is 0 Å². The Balaban J connectivity index is 1.53. The van der Waals surface area contributed by atoms with Crippen molar-refractivity contribution < 1.29 is 23.7 Å². The number of rotatable bonds is 1. The van der Waals surface area contributed by atoms with Crippen molar-refractivity contribution in [2.24, 2.45) is 0 Å². The van der Waals surface area contributed by atoms with E-state index in [0.29, 0.717) is 26.6 Å². The van der Waals surface area contributed by atoms with Crippen molar-refractivity contribution in [2.45, 2.75) is 18.6 Å². The summed E-state index contributed by atoms with van der Waals surface area (Å²) in [5.74, 6) is 1.93. The first-order chi connectivity index (χ1) is 9.83. The maximum atomic E-state index is 5.96. The molecule has 1 aromatic carbocycles. The maximum absolute atomic E-state index is 5.96. The number of allylic oxidation sites excluding steroid dienone is 1. The summed E-state index contributed by atoms with van der Waals surface area (Å²) in [6, 6.07) is 5.87. The van der Waals surface area contributed by atoms with Gasteiger partial charge in [0.05, 0.1) is 13.2 Å². The van der Waals surface area contributed by atoms with Crippen LogP contribution in [0.1, 0.15) is 18.4 Å². The predicted molar refractivity (Wildman–Crippen MR) is 70.4 cm³/mol. The number of fused-ring (bicyclic) bond motifs is 1. The highest BCUT2D eigenvalue weighted by atomic mass is 16.7. The molecule has 5 heteroatoms. The molecule has 5 nitrogen and oxygen atoms in total. The quantitative estimate of drug-likeness (QED) is 0.787. The lowest BCUT2D eigenvalue weighted by Crippen LogP contribution is -2.42. The molecule has 1 spiro atoms. The average molecular weight is 276 g/mol. The van der Waals surface area contributed by atoms with Gasteiger partial charge in [-0.2, -0.15) is 0 Å². The van der Waals surface area contributed by atoms with Crippen LogP contribution < -0.4 is 9.47 Å². The Morgan fingerprint density at radius 2 is 2.05 bits per heavy atom. The van der Waals surface area contributed by atoms with Gasteiger partial charge < -0.3 is 23.7 Å². The molecule has 3 aliphatic rings. The summed E-state index contributed by atoms with van der Waals surface area (Å²) in [6.07, 6.45) is 3.72. The SMILES string of the molecule is C(=C1\CCC2(COCCO2)O1)/c1ccc2c(c1)OCO2. The van der Waals surface area contributed by atoms with Crippen LogP contribution in [0.15, 0.2) is 24.0 Å². The Bertz CT molecular complexity index is 545. The zero-order chi connectivity index (χ0) is 13.4. The Morgan fingerprint density at radius 3 is 2.95 bits per heavy atom. The summed E-state index contributed by atoms with van der Waals surface area (Å²) in [7, 11) is 0. The second-order valence-electron chi connectivity index (χ2n) is 5.14. The van der Waals surface area contributed by atoms with Crippen LogP contribution in [0.2, 0.25) is 0 Å². The third kappa shape index (κ3) is 2.13. The number of ether oxygens (including phenoxy) is 5. The molecule has 4 rings (SSSR count). The summed E-state index contributed by atoms with van der Waals surface area (Å²) in [5, 5.41) is 0. The lowest BCUT2D eigenvalue weighted by atomic mass is 10.1. The van der Waals surface area contributed by atoms with Gasteiger partial charge in [-0.25, -0.2) is 0 Å². The van der Waals surface area contributed by atoms with Gasteiger partial charge in [0.2, 0.25) is 12.6 Å². The first kappa shape index (κ1) is 12.1. The molecule has 3 heterocycles. The summed E-state index contributed by atoms with van der Waals surface area (Å²) >= 11 is 0. The van der Waals surface area contributed by atoms with E-state index in [0.717, 1.165) is 35.7 Å². The van der Waals surface area contributed by atoms with Crippen LogP contribution in [0.3, 0.4) is 0 Å². The molecule has 1 aromatic rings. The minimum atomic E-state index is -0.569. The normalized spacial score (nSPS) is 29.9. The Kier molecular flexibility index (Phi) is 2.82. The molecule has 0 bridgehead atoms. The molecule has 2 saturated heterocycles. The first-order valence-corrected chi connectivity index (χ1v) is 6.84. The number of benzene rings is 1. The molecule has 20 heavy (non-hydrogen) atoms. The third-order valence-electron chi connectivity index (χ3n) is 3.71. The van der Waals surface area contributed by atoms with Crippen molar-refractivity contribution in [1.82, 2.24) is 0 Å². The molecule has 0 saturated carbocycles. The van der Waals surface area contributed by atoms with Gasteiger partial charge in [0.25, 0.3) is 0 Å². The van der Waals surface area contributed by atoms with Crippen molar-refractivity contribution >= 4 is 6.08 Å². The van der Waals surface area contributed by atoms with Gasteiger partial charge in [-0.1, -0.05) is 6.07 Å². The minimum Gasteiger partial charge on any atom is -0.464 e. The van der Waals surface area contributed by atoms with Gasteiger partial charge in [0.15, 0.2) is 11.5 Å². The van der Waals surface area contributed by atoms with Gasteiger partial charge in [0, 0.05) is 12.8 Å². The molecule has 106 valence electrons. The zero-order valence-corrected chi connectivity index (χ0v) is 11.1. The fourth-order valence-corrected chi connectivity index (χ4v) is 2.70. The van der Waals surface area contributed by atoms with Gasteiger partial charge >= 0.3 is 0 Å². The smallest absolute Gasteiger partial charge is 0.234 e. The Morgan fingerprint density at radius 1 is 1.10 bits per heavy atom. The van der Waals surface area contributed by atoms with E-state index in [1.165, 1.54) is 0 Å². The van der Waals surface area contributed by atoms with E-state index >= 15 is 0 Å². The standard InChI is InChI=1S/C15H16O5/c1-2-13-14(18-10-17-13)8-11(1)7-12-3-4-15(20-12)9-16-5-6-19-15/h1-2,7-8H,3-6,9-10H2/b12-7-. The summed E-state index contributed by atoms with van der Waals surface area (Å²) in [5.41, 5.74) is 1.04. The van der Waals surface area contributed by atoms with Gasteiger partial charge in [0.1, 0.15) is 12.4 Å². The van der Waals surface area contributed by atoms with Crippen LogP contribution >= 0.6 is 0 Å². The molecule has 3 aliphatic heterocycles. The fourth-order valence-electron chi connectivity index (χ4n) is 2.70. The number of hydrogen-bond acceptors (Lipinski definition) is 5. The molecule has 0 aromatic heterocycles. The molecule has 1 atom stereocenters. The zero-order valence-electron chi connectivity index (χ0n) is 11.1. The third-order valence-corrected chi connectivity index (χ3v) is 3.71. The highest BCUT2D eigenvalue weighted by Gasteiger charge is 2.41. The van der Waals surface area contributed by atoms with Gasteiger partial charge in [-0.15, -0.1) is 0 Å². The van der Waals surface area contributed by atoms with Crippen LogP contribution in [-0.2, 0) is 14.2 Å². The van der Waals surface area contributed by atoms with E-state index in [4.69, 9.17) is 23.7 Å². The van der Waals surface area contributed by atoms with E-state index in [-0.39, 0.29) is 0 Å². The topological polar surface area (TPSA) is 46.2 Å². The van der Waals surface area contributed by atoms with Crippen molar-refractivity contribution in [3.63, 3.8) is 0 Å². The second kappa shape index (κ2) is 4.68. The molecule has 0 amide bonds. The molecule has 0 radical (unpaired) electrons. The van der Waals surface area contributed by atoms with Gasteiger partial charge in [-0.05, 0) is 23.8 Å². The van der Waals surface area contributed by atoms with E-state index < -0.39 is 5.79 Å². The average Bonchev–Trinajstić information content (AvgIpc) is 3.07. The van der Waals surface area contributed by atoms with Crippen LogP contribution in [0.5, 0.6) is 11.5 Å². The molecule has 0 aliphatic carbocycles. The Hall–Kier alpha value is -1.72. The summed E-state index contributed by atoms with van der Waals surface area (Å²) in [6.45, 7) is 2.04. The second-order valence-corrected chi connectivity index (χ2v) is 5.14. The highest BCUT2D eigenvalue weighted by molar-refractivity contribution is 5.58. The van der Waals surface area contributed by atoms with E-state index in [1.807, 2.05) is 24.3 Å². The summed E-state index contributed by atoms with van der Waals surface area (Å²) < 4.78 is 27.8. The van der Waals surface area contributed by atoms with Crippen molar-refractivity contribution in [2.75, 3.05) is 26.6 Å². The van der Waals surface area contributed by atoms with Crippen LogP contribution in [0, 0.1) is 0 Å². The van der Waals surface area contributed by atoms with Crippen LogP contribution in [0.4, 0.5) is 0 Å². The van der Waals surface area contributed by atoms with Crippen molar-refractivity contribution in [3.8, 4) is 11.5 Å². The van der Waals surface area contributed by atoms with Gasteiger partial charge in [-0.3, -0.25) is 0 Å². The summed E-state index contributed by atoms with van der Waals surface area (Å²) in [4.78, 5) is 0. The first-order valence-electron chi connectivity index (χ1n) is 6.84. The maximum Gasteiger partial charge on any atom is 0.234 e. The van der Waals surface area contributed by atoms with Crippen LogP contribution in [0.25, 0.3) is 6.08 Å². The lowest BCUT2D eigenvalue weighted by Gasteiger charge is -2.32. The highest BCUT2D eigenvalue weighted by Crippen LogP contribution is 2.38. The monoisotopic (exact) mass is 276 g/mol. The molecular weight excluding hydrogens is 260 g/mol. The number of hydrogen-bond donors (Lipinski definition) is 0. The van der Waals surface area contributed by atoms with Crippen molar-refractivity contribution in [1.29, 1.82) is 0 Å². The minimum absolute atomic E-state index is 0.292. The Labute approximate surface area is 117 Å². The van der Waals surface area contributed by atoms with Crippen LogP contribution in [-0.4, -0.2) is 32.4 Å². The van der Waals surface area contributed by atoms with E-state index in [1.54, 1.807) is 0 Å². The van der Waals surface area contributed by atoms with E-state index in [9.17, 15) is 0 Å². The largest absolute Gasteiger partial charge is 0.464 e. The molecule has 0 N–H and O–H groups in total.